The highest BCUT2D eigenvalue weighted by atomic mass is 79.9. The van der Waals surface area contributed by atoms with Crippen molar-refractivity contribution in [2.24, 2.45) is 0 Å². The quantitative estimate of drug-likeness (QED) is 0.909. The van der Waals surface area contributed by atoms with Crippen LogP contribution in [0.1, 0.15) is 18.4 Å². The number of carboxylic acid groups (broad SMARTS) is 1. The van der Waals surface area contributed by atoms with Gasteiger partial charge in [0.1, 0.15) is 5.82 Å². The third kappa shape index (κ3) is 1.63. The fraction of sp³-hybridized carbons (Fsp3) is 0.300. The van der Waals surface area contributed by atoms with Crippen LogP contribution in [0.25, 0.3) is 0 Å². The Morgan fingerprint density at radius 1 is 1.62 bits per heavy atom. The molecule has 1 N–H and O–H groups in total. The Hall–Kier alpha value is -1.30. The van der Waals surface area contributed by atoms with E-state index in [9.17, 15) is 9.18 Å². The van der Waals surface area contributed by atoms with Gasteiger partial charge in [-0.3, -0.25) is 4.79 Å². The second kappa shape index (κ2) is 3.93. The molecule has 0 aliphatic carbocycles. The Labute approximate surface area is 99.1 Å². The molecule has 0 saturated heterocycles. The molecule has 0 saturated carbocycles. The van der Waals surface area contributed by atoms with Crippen molar-refractivity contribution in [3.8, 4) is 11.5 Å². The average molecular weight is 291 g/mol. The molecule has 0 amide bonds. The maximum absolute atomic E-state index is 13.7. The summed E-state index contributed by atoms with van der Waals surface area (Å²) in [5.41, 5.74) is 0.0664. The lowest BCUT2D eigenvalue weighted by molar-refractivity contribution is -0.138. The molecule has 1 aromatic rings. The number of hydrogen-bond acceptors (Lipinski definition) is 3. The first-order valence-corrected chi connectivity index (χ1v) is 5.32. The van der Waals surface area contributed by atoms with Crippen LogP contribution in [0.2, 0.25) is 0 Å². The second-order valence-corrected chi connectivity index (χ2v) is 4.17. The molecule has 0 bridgehead atoms. The standard InChI is InChI=1S/C10H8BrFO4/c1-4(10(13)14)7-5(12)2-6-9(8(7)11)16-3-15-6/h2,4H,3H2,1H3,(H,13,14). The largest absolute Gasteiger partial charge is 0.481 e. The van der Waals surface area contributed by atoms with E-state index in [1.54, 1.807) is 0 Å². The molecule has 1 heterocycles. The third-order valence-corrected chi connectivity index (χ3v) is 3.18. The van der Waals surface area contributed by atoms with Gasteiger partial charge in [-0.25, -0.2) is 4.39 Å². The fourth-order valence-electron chi connectivity index (χ4n) is 1.51. The molecule has 0 aromatic heterocycles. The fourth-order valence-corrected chi connectivity index (χ4v) is 2.35. The number of carbonyl (C=O) groups is 1. The number of halogens is 2. The molecular weight excluding hydrogens is 283 g/mol. The lowest BCUT2D eigenvalue weighted by Gasteiger charge is -2.12. The molecule has 1 aromatic carbocycles. The minimum absolute atomic E-state index is 0.0122. The maximum atomic E-state index is 13.7. The van der Waals surface area contributed by atoms with Gasteiger partial charge in [0.05, 0.1) is 10.4 Å². The summed E-state index contributed by atoms with van der Waals surface area (Å²) < 4.78 is 24.1. The van der Waals surface area contributed by atoms with Crippen LogP contribution in [-0.2, 0) is 4.79 Å². The zero-order valence-corrected chi connectivity index (χ0v) is 9.88. The molecule has 0 spiro atoms. The smallest absolute Gasteiger partial charge is 0.310 e. The van der Waals surface area contributed by atoms with Crippen molar-refractivity contribution in [2.75, 3.05) is 6.79 Å². The van der Waals surface area contributed by atoms with Crippen molar-refractivity contribution in [3.63, 3.8) is 0 Å². The first-order chi connectivity index (χ1) is 7.52. The third-order valence-electron chi connectivity index (χ3n) is 2.40. The number of ether oxygens (including phenoxy) is 2. The van der Waals surface area contributed by atoms with Gasteiger partial charge in [0.25, 0.3) is 0 Å². The lowest BCUT2D eigenvalue weighted by atomic mass is 10.0. The van der Waals surface area contributed by atoms with E-state index in [0.717, 1.165) is 6.07 Å². The highest BCUT2D eigenvalue weighted by Gasteiger charge is 2.28. The molecule has 4 nitrogen and oxygen atoms in total. The van der Waals surface area contributed by atoms with Gasteiger partial charge in [0, 0.05) is 11.6 Å². The van der Waals surface area contributed by atoms with Crippen LogP contribution in [-0.4, -0.2) is 17.9 Å². The van der Waals surface area contributed by atoms with E-state index >= 15 is 0 Å². The van der Waals surface area contributed by atoms with Gasteiger partial charge in [-0.15, -0.1) is 0 Å². The minimum Gasteiger partial charge on any atom is -0.481 e. The summed E-state index contributed by atoms with van der Waals surface area (Å²) in [5.74, 6) is -2.04. The molecule has 0 radical (unpaired) electrons. The van der Waals surface area contributed by atoms with Crippen molar-refractivity contribution < 1.29 is 23.8 Å². The molecule has 1 aliphatic heterocycles. The predicted octanol–water partition coefficient (Wildman–Crippen LogP) is 2.51. The summed E-state index contributed by atoms with van der Waals surface area (Å²) in [6, 6.07) is 1.14. The Kier molecular flexibility index (Phi) is 2.75. The zero-order chi connectivity index (χ0) is 11.9. The van der Waals surface area contributed by atoms with Crippen molar-refractivity contribution >= 4 is 21.9 Å². The first-order valence-electron chi connectivity index (χ1n) is 4.52. The van der Waals surface area contributed by atoms with Gasteiger partial charge in [-0.05, 0) is 22.9 Å². The molecule has 2 rings (SSSR count). The van der Waals surface area contributed by atoms with Crippen LogP contribution in [0.3, 0.4) is 0 Å². The monoisotopic (exact) mass is 290 g/mol. The van der Waals surface area contributed by atoms with Gasteiger partial charge in [0.2, 0.25) is 6.79 Å². The Balaban J connectivity index is 2.58. The summed E-state index contributed by atoms with van der Waals surface area (Å²) in [6.07, 6.45) is 0. The molecule has 1 atom stereocenters. The Morgan fingerprint density at radius 3 is 2.94 bits per heavy atom. The van der Waals surface area contributed by atoms with Crippen molar-refractivity contribution in [2.45, 2.75) is 12.8 Å². The summed E-state index contributed by atoms with van der Waals surface area (Å²) in [4.78, 5) is 10.8. The van der Waals surface area contributed by atoms with E-state index in [4.69, 9.17) is 14.6 Å². The summed E-state index contributed by atoms with van der Waals surface area (Å²) in [5, 5.41) is 8.87. The number of fused-ring (bicyclic) bond motifs is 1. The molecule has 1 unspecified atom stereocenters. The zero-order valence-electron chi connectivity index (χ0n) is 8.29. The summed E-state index contributed by atoms with van der Waals surface area (Å²) >= 11 is 3.14. The molecule has 16 heavy (non-hydrogen) atoms. The minimum atomic E-state index is -1.10. The van der Waals surface area contributed by atoms with E-state index < -0.39 is 17.7 Å². The van der Waals surface area contributed by atoms with Gasteiger partial charge in [0.15, 0.2) is 11.5 Å². The first kappa shape index (κ1) is 11.2. The topological polar surface area (TPSA) is 55.8 Å². The van der Waals surface area contributed by atoms with Crippen LogP contribution in [0.4, 0.5) is 4.39 Å². The van der Waals surface area contributed by atoms with Crippen LogP contribution < -0.4 is 9.47 Å². The summed E-state index contributed by atoms with van der Waals surface area (Å²) in [7, 11) is 0. The summed E-state index contributed by atoms with van der Waals surface area (Å²) in [6.45, 7) is 1.42. The molecule has 6 heteroatoms. The van der Waals surface area contributed by atoms with Crippen LogP contribution in [0.15, 0.2) is 10.5 Å². The number of rotatable bonds is 2. The van der Waals surface area contributed by atoms with Gasteiger partial charge < -0.3 is 14.6 Å². The highest BCUT2D eigenvalue weighted by molar-refractivity contribution is 9.10. The molecule has 1 aliphatic rings. The Morgan fingerprint density at radius 2 is 2.31 bits per heavy atom. The number of benzene rings is 1. The van der Waals surface area contributed by atoms with Crippen molar-refractivity contribution in [1.29, 1.82) is 0 Å². The maximum Gasteiger partial charge on any atom is 0.310 e. The molecule has 86 valence electrons. The van der Waals surface area contributed by atoms with Crippen LogP contribution >= 0.6 is 15.9 Å². The molecule has 0 fully saturated rings. The Bertz CT molecular complexity index is 461. The highest BCUT2D eigenvalue weighted by Crippen LogP contribution is 2.44. The van der Waals surface area contributed by atoms with Gasteiger partial charge in [-0.2, -0.15) is 0 Å². The normalized spacial score (nSPS) is 14.9. The van der Waals surface area contributed by atoms with Crippen LogP contribution in [0.5, 0.6) is 11.5 Å². The number of hydrogen-bond donors (Lipinski definition) is 1. The van der Waals surface area contributed by atoms with Crippen molar-refractivity contribution in [1.82, 2.24) is 0 Å². The second-order valence-electron chi connectivity index (χ2n) is 3.38. The van der Waals surface area contributed by atoms with E-state index in [1.807, 2.05) is 0 Å². The van der Waals surface area contributed by atoms with Gasteiger partial charge in [-0.1, -0.05) is 0 Å². The predicted molar refractivity (Wildman–Crippen MR) is 56.3 cm³/mol. The van der Waals surface area contributed by atoms with E-state index in [2.05, 4.69) is 15.9 Å². The number of carboxylic acids is 1. The lowest BCUT2D eigenvalue weighted by Crippen LogP contribution is -2.10. The van der Waals surface area contributed by atoms with E-state index in [1.165, 1.54) is 6.92 Å². The number of aliphatic carboxylic acids is 1. The average Bonchev–Trinajstić information content (AvgIpc) is 2.65. The van der Waals surface area contributed by atoms with Gasteiger partial charge >= 0.3 is 5.97 Å². The van der Waals surface area contributed by atoms with Crippen LogP contribution in [0, 0.1) is 5.82 Å². The van der Waals surface area contributed by atoms with E-state index in [0.29, 0.717) is 10.2 Å². The van der Waals surface area contributed by atoms with Crippen molar-refractivity contribution in [3.05, 3.63) is 21.9 Å². The molecular formula is C10H8BrFO4. The van der Waals surface area contributed by atoms with E-state index in [-0.39, 0.29) is 18.1 Å². The SMILES string of the molecule is CC(C(=O)O)c1c(F)cc2c(c1Br)OCO2.